The molecule has 1 saturated carbocycles. The lowest BCUT2D eigenvalue weighted by Gasteiger charge is -2.40. The van der Waals surface area contributed by atoms with Crippen molar-refractivity contribution in [1.29, 1.82) is 0 Å². The van der Waals surface area contributed by atoms with E-state index in [1.165, 1.54) is 0 Å². The van der Waals surface area contributed by atoms with Crippen molar-refractivity contribution >= 4 is 17.8 Å². The Morgan fingerprint density at radius 3 is 2.72 bits per heavy atom. The molecule has 1 aromatic carbocycles. The molecule has 5 rings (SSSR count). The van der Waals surface area contributed by atoms with Crippen molar-refractivity contribution in [3.63, 3.8) is 0 Å². The van der Waals surface area contributed by atoms with Crippen molar-refractivity contribution in [1.82, 2.24) is 15.2 Å². The molecule has 8 nitrogen and oxygen atoms in total. The summed E-state index contributed by atoms with van der Waals surface area (Å²) in [5, 5.41) is 3.26. The summed E-state index contributed by atoms with van der Waals surface area (Å²) in [5.74, 6) is 0.764. The fourth-order valence-corrected chi connectivity index (χ4v) is 6.03. The summed E-state index contributed by atoms with van der Waals surface area (Å²) in [7, 11) is 0. The molecule has 4 unspecified atom stereocenters. The third-order valence-electron chi connectivity index (χ3n) is 8.36. The third kappa shape index (κ3) is 4.22. The molecule has 1 fully saturated rings. The van der Waals surface area contributed by atoms with Gasteiger partial charge in [-0.1, -0.05) is 45.0 Å². The van der Waals surface area contributed by atoms with E-state index in [2.05, 4.69) is 17.2 Å². The first-order chi connectivity index (χ1) is 17.4. The SMILES string of the molecule is CCC1(CC)CC(=O)N(C(c2cccnc2)C2C(C)C2C(=O)N[C@H]2CCOc3ccccc32)C(N)=N1. The summed E-state index contributed by atoms with van der Waals surface area (Å²) < 4.78 is 5.76. The standard InChI is InChI=1S/C28H35N5O3/c1-4-28(5-2)15-22(34)33(27(29)32-28)25(18-9-8-13-30-16-18)23-17(3)24(23)26(35)31-20-12-14-36-21-11-7-6-10-19(20)21/h6-11,13,16-17,20,23-25H,4-5,12,14-15H2,1-3H3,(H2,29,32)(H,31,35)/t17?,20-,23?,24?,25?/m0/s1. The Morgan fingerprint density at radius 1 is 1.25 bits per heavy atom. The molecule has 2 aliphatic heterocycles. The van der Waals surface area contributed by atoms with E-state index in [9.17, 15) is 9.59 Å². The highest BCUT2D eigenvalue weighted by Crippen LogP contribution is 2.56. The van der Waals surface area contributed by atoms with Gasteiger partial charge in [0, 0.05) is 30.3 Å². The molecular formula is C28H35N5O3. The molecule has 3 aliphatic rings. The number of nitrogens with two attached hydrogens (primary N) is 1. The molecule has 3 N–H and O–H groups in total. The normalized spacial score (nSPS) is 27.4. The molecule has 0 bridgehead atoms. The van der Waals surface area contributed by atoms with Gasteiger partial charge in [-0.15, -0.1) is 0 Å². The van der Waals surface area contributed by atoms with Crippen LogP contribution in [0, 0.1) is 17.8 Å². The number of nitrogens with one attached hydrogen (secondary N) is 1. The molecule has 0 radical (unpaired) electrons. The number of guanidine groups is 1. The molecule has 1 aromatic heterocycles. The van der Waals surface area contributed by atoms with Crippen molar-refractivity contribution in [2.45, 2.75) is 64.1 Å². The van der Waals surface area contributed by atoms with E-state index in [0.29, 0.717) is 13.0 Å². The molecule has 3 heterocycles. The number of amides is 2. The number of carbonyl (C=O) groups excluding carboxylic acids is 2. The first-order valence-electron chi connectivity index (χ1n) is 13.0. The maximum absolute atomic E-state index is 13.6. The average Bonchev–Trinajstić information content (AvgIpc) is 3.56. The second-order valence-electron chi connectivity index (χ2n) is 10.3. The highest BCUT2D eigenvalue weighted by molar-refractivity contribution is 6.00. The zero-order valence-corrected chi connectivity index (χ0v) is 21.2. The van der Waals surface area contributed by atoms with Crippen LogP contribution in [0.25, 0.3) is 0 Å². The maximum atomic E-state index is 13.6. The number of rotatable bonds is 7. The number of hydrogen-bond donors (Lipinski definition) is 2. The quantitative estimate of drug-likeness (QED) is 0.616. The fourth-order valence-electron chi connectivity index (χ4n) is 6.03. The van der Waals surface area contributed by atoms with Gasteiger partial charge in [-0.2, -0.15) is 0 Å². The van der Waals surface area contributed by atoms with Crippen LogP contribution in [0.5, 0.6) is 5.75 Å². The molecule has 190 valence electrons. The molecule has 0 saturated heterocycles. The first-order valence-corrected chi connectivity index (χ1v) is 13.0. The summed E-state index contributed by atoms with van der Waals surface area (Å²) in [6.07, 6.45) is 6.01. The lowest BCUT2D eigenvalue weighted by atomic mass is 9.87. The molecular weight excluding hydrogens is 454 g/mol. The average molecular weight is 490 g/mol. The van der Waals surface area contributed by atoms with Gasteiger partial charge < -0.3 is 15.8 Å². The maximum Gasteiger partial charge on any atom is 0.232 e. The van der Waals surface area contributed by atoms with Crippen molar-refractivity contribution < 1.29 is 14.3 Å². The summed E-state index contributed by atoms with van der Waals surface area (Å²) in [5.41, 5.74) is 7.90. The van der Waals surface area contributed by atoms with E-state index in [-0.39, 0.29) is 41.6 Å². The van der Waals surface area contributed by atoms with Crippen LogP contribution in [0.1, 0.15) is 69.7 Å². The van der Waals surface area contributed by atoms with Crippen LogP contribution in [-0.2, 0) is 9.59 Å². The van der Waals surface area contributed by atoms with Gasteiger partial charge in [0.25, 0.3) is 0 Å². The number of carbonyl (C=O) groups is 2. The van der Waals surface area contributed by atoms with Gasteiger partial charge in [0.2, 0.25) is 11.8 Å². The van der Waals surface area contributed by atoms with Crippen LogP contribution in [0.15, 0.2) is 53.8 Å². The first kappa shape index (κ1) is 24.3. The molecule has 1 aliphatic carbocycles. The Balaban J connectivity index is 1.42. The molecule has 36 heavy (non-hydrogen) atoms. The summed E-state index contributed by atoms with van der Waals surface area (Å²) >= 11 is 0. The van der Waals surface area contributed by atoms with E-state index in [1.54, 1.807) is 17.3 Å². The van der Waals surface area contributed by atoms with Gasteiger partial charge >= 0.3 is 0 Å². The van der Waals surface area contributed by atoms with Gasteiger partial charge in [0.15, 0.2) is 5.96 Å². The van der Waals surface area contributed by atoms with E-state index < -0.39 is 11.6 Å². The van der Waals surface area contributed by atoms with E-state index in [4.69, 9.17) is 15.5 Å². The number of benzene rings is 1. The van der Waals surface area contributed by atoms with E-state index >= 15 is 0 Å². The number of para-hydroxylation sites is 1. The molecule has 5 atom stereocenters. The van der Waals surface area contributed by atoms with Crippen molar-refractivity contribution in [2.75, 3.05) is 6.61 Å². The topological polar surface area (TPSA) is 110 Å². The zero-order valence-electron chi connectivity index (χ0n) is 21.2. The Kier molecular flexibility index (Phi) is 6.45. The molecule has 8 heteroatoms. The summed E-state index contributed by atoms with van der Waals surface area (Å²) in [6, 6.07) is 11.2. The van der Waals surface area contributed by atoms with Crippen LogP contribution in [-0.4, -0.2) is 39.8 Å². The number of hydrogen-bond acceptors (Lipinski definition) is 6. The fraction of sp³-hybridized carbons (Fsp3) is 0.500. The number of ether oxygens (including phenoxy) is 1. The lowest BCUT2D eigenvalue weighted by Crippen LogP contribution is -2.53. The van der Waals surface area contributed by atoms with E-state index in [1.807, 2.05) is 50.2 Å². The number of nitrogens with zero attached hydrogens (tertiary/aromatic N) is 3. The van der Waals surface area contributed by atoms with Gasteiger partial charge in [0.05, 0.1) is 30.7 Å². The minimum atomic E-state index is -0.459. The monoisotopic (exact) mass is 489 g/mol. The Labute approximate surface area is 212 Å². The zero-order chi connectivity index (χ0) is 25.4. The van der Waals surface area contributed by atoms with Gasteiger partial charge in [-0.25, -0.2) is 4.99 Å². The van der Waals surface area contributed by atoms with Crippen molar-refractivity contribution in [3.8, 4) is 5.75 Å². The Bertz CT molecular complexity index is 1160. The number of fused-ring (bicyclic) bond motifs is 1. The highest BCUT2D eigenvalue weighted by atomic mass is 16.5. The van der Waals surface area contributed by atoms with Crippen LogP contribution in [0.3, 0.4) is 0 Å². The third-order valence-corrected chi connectivity index (χ3v) is 8.36. The predicted molar refractivity (Wildman–Crippen MR) is 137 cm³/mol. The van der Waals surface area contributed by atoms with Gasteiger partial charge in [0.1, 0.15) is 5.75 Å². The number of pyridine rings is 1. The molecule has 2 amide bonds. The van der Waals surface area contributed by atoms with Crippen molar-refractivity contribution in [3.05, 3.63) is 59.9 Å². The minimum absolute atomic E-state index is 0.000440. The second kappa shape index (κ2) is 9.56. The predicted octanol–water partition coefficient (Wildman–Crippen LogP) is 3.75. The lowest BCUT2D eigenvalue weighted by molar-refractivity contribution is -0.132. The van der Waals surface area contributed by atoms with E-state index in [0.717, 1.165) is 36.1 Å². The molecule has 0 spiro atoms. The Morgan fingerprint density at radius 2 is 2.03 bits per heavy atom. The Hall–Kier alpha value is -3.42. The number of aliphatic imine (C=N–C) groups is 1. The largest absolute Gasteiger partial charge is 0.493 e. The minimum Gasteiger partial charge on any atom is -0.493 e. The number of aromatic nitrogens is 1. The van der Waals surface area contributed by atoms with Crippen LogP contribution >= 0.6 is 0 Å². The van der Waals surface area contributed by atoms with Gasteiger partial charge in [-0.05, 0) is 42.4 Å². The van der Waals surface area contributed by atoms with Crippen molar-refractivity contribution in [2.24, 2.45) is 28.5 Å². The second-order valence-corrected chi connectivity index (χ2v) is 10.3. The van der Waals surface area contributed by atoms with Crippen LogP contribution in [0.2, 0.25) is 0 Å². The summed E-state index contributed by atoms with van der Waals surface area (Å²) in [6.45, 7) is 6.72. The van der Waals surface area contributed by atoms with Crippen LogP contribution in [0.4, 0.5) is 0 Å². The van der Waals surface area contributed by atoms with Gasteiger partial charge in [-0.3, -0.25) is 19.5 Å². The molecule has 2 aromatic rings. The smallest absolute Gasteiger partial charge is 0.232 e. The highest BCUT2D eigenvalue weighted by Gasteiger charge is 2.59. The summed E-state index contributed by atoms with van der Waals surface area (Å²) in [4.78, 5) is 37.8. The van der Waals surface area contributed by atoms with Crippen LogP contribution < -0.4 is 15.8 Å².